The SMILES string of the molecule is Cc1[nH]c(-c2ccccc2)nc1-c1cccc(C(F)(F)F)c1.Cl. The Morgan fingerprint density at radius 1 is 0.913 bits per heavy atom. The highest BCUT2D eigenvalue weighted by Gasteiger charge is 2.30. The number of H-pyrrole nitrogens is 1. The van der Waals surface area contributed by atoms with E-state index in [2.05, 4.69) is 9.97 Å². The summed E-state index contributed by atoms with van der Waals surface area (Å²) in [5.41, 5.74) is 1.94. The Morgan fingerprint density at radius 2 is 1.57 bits per heavy atom. The summed E-state index contributed by atoms with van der Waals surface area (Å²) in [5, 5.41) is 0. The van der Waals surface area contributed by atoms with Gasteiger partial charge in [-0.25, -0.2) is 4.98 Å². The van der Waals surface area contributed by atoms with Crippen LogP contribution in [0.1, 0.15) is 11.3 Å². The van der Waals surface area contributed by atoms with Crippen LogP contribution >= 0.6 is 12.4 Å². The fourth-order valence-electron chi connectivity index (χ4n) is 2.32. The molecule has 0 bridgehead atoms. The van der Waals surface area contributed by atoms with Crippen molar-refractivity contribution in [3.05, 3.63) is 65.9 Å². The molecular formula is C17H14ClF3N2. The molecule has 23 heavy (non-hydrogen) atoms. The van der Waals surface area contributed by atoms with Gasteiger partial charge in [0.2, 0.25) is 0 Å². The van der Waals surface area contributed by atoms with Crippen molar-refractivity contribution in [3.63, 3.8) is 0 Å². The summed E-state index contributed by atoms with van der Waals surface area (Å²) in [4.78, 5) is 7.58. The molecule has 0 spiro atoms. The van der Waals surface area contributed by atoms with Crippen molar-refractivity contribution < 1.29 is 13.2 Å². The van der Waals surface area contributed by atoms with Crippen LogP contribution in [0.15, 0.2) is 54.6 Å². The van der Waals surface area contributed by atoms with Crippen LogP contribution in [0.2, 0.25) is 0 Å². The third-order valence-corrected chi connectivity index (χ3v) is 3.40. The number of imidazole rings is 1. The number of nitrogens with zero attached hydrogens (tertiary/aromatic N) is 1. The van der Waals surface area contributed by atoms with E-state index < -0.39 is 11.7 Å². The minimum absolute atomic E-state index is 0. The molecule has 120 valence electrons. The lowest BCUT2D eigenvalue weighted by Crippen LogP contribution is -2.04. The third kappa shape index (κ3) is 3.56. The Labute approximate surface area is 137 Å². The van der Waals surface area contributed by atoms with Gasteiger partial charge in [-0.15, -0.1) is 12.4 Å². The Morgan fingerprint density at radius 3 is 2.22 bits per heavy atom. The number of benzene rings is 2. The van der Waals surface area contributed by atoms with Crippen LogP contribution < -0.4 is 0 Å². The molecule has 0 amide bonds. The van der Waals surface area contributed by atoms with Gasteiger partial charge >= 0.3 is 6.18 Å². The normalized spacial score (nSPS) is 11.1. The lowest BCUT2D eigenvalue weighted by atomic mass is 10.1. The number of alkyl halides is 3. The zero-order valence-electron chi connectivity index (χ0n) is 12.2. The van der Waals surface area contributed by atoms with E-state index in [1.54, 1.807) is 13.0 Å². The van der Waals surface area contributed by atoms with Crippen LogP contribution in [-0.2, 0) is 6.18 Å². The Kier molecular flexibility index (Phi) is 4.80. The van der Waals surface area contributed by atoms with Gasteiger partial charge in [-0.3, -0.25) is 0 Å². The van der Waals surface area contributed by atoms with E-state index in [9.17, 15) is 13.2 Å². The molecule has 0 aliphatic carbocycles. The largest absolute Gasteiger partial charge is 0.416 e. The van der Waals surface area contributed by atoms with Gasteiger partial charge in [-0.2, -0.15) is 13.2 Å². The maximum absolute atomic E-state index is 12.8. The smallest absolute Gasteiger partial charge is 0.342 e. The Hall–Kier alpha value is -2.27. The monoisotopic (exact) mass is 338 g/mol. The van der Waals surface area contributed by atoms with Crippen LogP contribution in [0, 0.1) is 6.92 Å². The molecule has 0 atom stereocenters. The lowest BCUT2D eigenvalue weighted by molar-refractivity contribution is -0.137. The van der Waals surface area contributed by atoms with E-state index in [0.29, 0.717) is 17.1 Å². The first kappa shape index (κ1) is 17.1. The predicted molar refractivity (Wildman–Crippen MR) is 86.4 cm³/mol. The topological polar surface area (TPSA) is 28.7 Å². The molecule has 0 saturated heterocycles. The molecule has 1 N–H and O–H groups in total. The van der Waals surface area contributed by atoms with Crippen LogP contribution in [0.4, 0.5) is 13.2 Å². The second-order valence-corrected chi connectivity index (χ2v) is 5.00. The van der Waals surface area contributed by atoms with Crippen molar-refractivity contribution in [2.75, 3.05) is 0 Å². The quantitative estimate of drug-likeness (QED) is 0.657. The van der Waals surface area contributed by atoms with E-state index in [0.717, 1.165) is 23.4 Å². The molecule has 6 heteroatoms. The number of hydrogen-bond acceptors (Lipinski definition) is 1. The minimum atomic E-state index is -4.36. The number of rotatable bonds is 2. The number of aryl methyl sites for hydroxylation is 1. The van der Waals surface area contributed by atoms with Gasteiger partial charge < -0.3 is 4.98 Å². The number of aromatic amines is 1. The molecule has 0 fully saturated rings. The number of aromatic nitrogens is 2. The van der Waals surface area contributed by atoms with Crippen molar-refractivity contribution >= 4 is 12.4 Å². The number of halogens is 4. The van der Waals surface area contributed by atoms with Gasteiger partial charge in [0.1, 0.15) is 5.82 Å². The predicted octanol–water partition coefficient (Wildman–Crippen LogP) is 5.49. The van der Waals surface area contributed by atoms with Gasteiger partial charge in [-0.1, -0.05) is 42.5 Å². The van der Waals surface area contributed by atoms with Crippen molar-refractivity contribution in [3.8, 4) is 22.6 Å². The van der Waals surface area contributed by atoms with Crippen molar-refractivity contribution in [1.29, 1.82) is 0 Å². The molecule has 0 aliphatic rings. The summed E-state index contributed by atoms with van der Waals surface area (Å²) in [6, 6.07) is 14.7. The fraction of sp³-hybridized carbons (Fsp3) is 0.118. The molecule has 0 saturated carbocycles. The number of hydrogen-bond donors (Lipinski definition) is 1. The summed E-state index contributed by atoms with van der Waals surface area (Å²) in [7, 11) is 0. The molecule has 2 aromatic carbocycles. The number of nitrogens with one attached hydrogen (secondary N) is 1. The average Bonchev–Trinajstić information content (AvgIpc) is 2.89. The zero-order valence-corrected chi connectivity index (χ0v) is 13.0. The van der Waals surface area contributed by atoms with Crippen molar-refractivity contribution in [2.24, 2.45) is 0 Å². The standard InChI is InChI=1S/C17H13F3N2.ClH/c1-11-15(13-8-5-9-14(10-13)17(18,19)20)22-16(21-11)12-6-3-2-4-7-12;/h2-10H,1H3,(H,21,22);1H. The van der Waals surface area contributed by atoms with E-state index >= 15 is 0 Å². The Bertz CT molecular complexity index is 795. The summed E-state index contributed by atoms with van der Waals surface area (Å²) in [6.07, 6.45) is -4.36. The lowest BCUT2D eigenvalue weighted by Gasteiger charge is -2.07. The third-order valence-electron chi connectivity index (χ3n) is 3.40. The molecule has 0 aliphatic heterocycles. The van der Waals surface area contributed by atoms with Gasteiger partial charge in [-0.05, 0) is 19.1 Å². The molecular weight excluding hydrogens is 325 g/mol. The summed E-state index contributed by atoms with van der Waals surface area (Å²) < 4.78 is 38.5. The van der Waals surface area contributed by atoms with Crippen LogP contribution in [0.25, 0.3) is 22.6 Å². The van der Waals surface area contributed by atoms with Crippen LogP contribution in [0.3, 0.4) is 0 Å². The van der Waals surface area contributed by atoms with Gasteiger partial charge in [0, 0.05) is 16.8 Å². The summed E-state index contributed by atoms with van der Waals surface area (Å²) >= 11 is 0. The minimum Gasteiger partial charge on any atom is -0.342 e. The molecule has 3 aromatic rings. The molecule has 0 radical (unpaired) electrons. The maximum Gasteiger partial charge on any atom is 0.416 e. The highest BCUT2D eigenvalue weighted by Crippen LogP contribution is 2.33. The van der Waals surface area contributed by atoms with E-state index in [4.69, 9.17) is 0 Å². The first-order valence-corrected chi connectivity index (χ1v) is 6.75. The maximum atomic E-state index is 12.8. The van der Waals surface area contributed by atoms with E-state index in [-0.39, 0.29) is 12.4 Å². The molecule has 0 unspecified atom stereocenters. The Balaban J connectivity index is 0.00000192. The first-order valence-electron chi connectivity index (χ1n) is 6.75. The molecule has 3 rings (SSSR count). The van der Waals surface area contributed by atoms with Gasteiger partial charge in [0.05, 0.1) is 11.3 Å². The highest BCUT2D eigenvalue weighted by molar-refractivity contribution is 5.85. The second-order valence-electron chi connectivity index (χ2n) is 5.00. The van der Waals surface area contributed by atoms with E-state index in [1.807, 2.05) is 30.3 Å². The zero-order chi connectivity index (χ0) is 15.7. The summed E-state index contributed by atoms with van der Waals surface area (Å²) in [6.45, 7) is 1.80. The van der Waals surface area contributed by atoms with Crippen molar-refractivity contribution in [1.82, 2.24) is 9.97 Å². The summed E-state index contributed by atoms with van der Waals surface area (Å²) in [5.74, 6) is 0.644. The fourth-order valence-corrected chi connectivity index (χ4v) is 2.32. The van der Waals surface area contributed by atoms with Gasteiger partial charge in [0.25, 0.3) is 0 Å². The highest BCUT2D eigenvalue weighted by atomic mass is 35.5. The molecule has 1 heterocycles. The molecule has 2 nitrogen and oxygen atoms in total. The van der Waals surface area contributed by atoms with Gasteiger partial charge in [0.15, 0.2) is 0 Å². The van der Waals surface area contributed by atoms with Crippen LogP contribution in [-0.4, -0.2) is 9.97 Å². The second kappa shape index (κ2) is 6.46. The average molecular weight is 339 g/mol. The van der Waals surface area contributed by atoms with Crippen molar-refractivity contribution in [2.45, 2.75) is 13.1 Å². The first-order chi connectivity index (χ1) is 10.4. The molecule has 1 aromatic heterocycles. The van der Waals surface area contributed by atoms with E-state index in [1.165, 1.54) is 6.07 Å². The van der Waals surface area contributed by atoms with Crippen LogP contribution in [0.5, 0.6) is 0 Å².